The second-order valence-corrected chi connectivity index (χ2v) is 5.12. The SMILES string of the molecule is CCc1cc(C(N)c2sccc2C)n(CC)n1. The number of nitrogens with zero attached hydrogens (tertiary/aromatic N) is 2. The lowest BCUT2D eigenvalue weighted by Gasteiger charge is -2.12. The summed E-state index contributed by atoms with van der Waals surface area (Å²) in [7, 11) is 0. The summed E-state index contributed by atoms with van der Waals surface area (Å²) in [5, 5.41) is 6.64. The Kier molecular flexibility index (Phi) is 3.64. The lowest BCUT2D eigenvalue weighted by Crippen LogP contribution is -2.16. The normalized spacial score (nSPS) is 12.9. The van der Waals surface area contributed by atoms with E-state index in [0.717, 1.165) is 24.4 Å². The molecule has 92 valence electrons. The quantitative estimate of drug-likeness (QED) is 0.905. The van der Waals surface area contributed by atoms with Crippen molar-refractivity contribution in [1.29, 1.82) is 0 Å². The Morgan fingerprint density at radius 3 is 2.76 bits per heavy atom. The molecule has 0 aliphatic rings. The van der Waals surface area contributed by atoms with Crippen molar-refractivity contribution in [1.82, 2.24) is 9.78 Å². The monoisotopic (exact) mass is 249 g/mol. The van der Waals surface area contributed by atoms with Crippen molar-refractivity contribution in [2.24, 2.45) is 5.73 Å². The minimum atomic E-state index is -0.0530. The van der Waals surface area contributed by atoms with Crippen LogP contribution in [0.5, 0.6) is 0 Å². The van der Waals surface area contributed by atoms with Gasteiger partial charge in [-0.15, -0.1) is 11.3 Å². The summed E-state index contributed by atoms with van der Waals surface area (Å²) in [4.78, 5) is 1.24. The van der Waals surface area contributed by atoms with E-state index in [1.807, 2.05) is 4.68 Å². The minimum Gasteiger partial charge on any atom is -0.318 e. The molecule has 0 bridgehead atoms. The molecule has 0 aliphatic carbocycles. The van der Waals surface area contributed by atoms with Crippen LogP contribution >= 0.6 is 11.3 Å². The molecule has 0 spiro atoms. The highest BCUT2D eigenvalue weighted by Gasteiger charge is 2.18. The van der Waals surface area contributed by atoms with E-state index in [2.05, 4.69) is 43.4 Å². The summed E-state index contributed by atoms with van der Waals surface area (Å²) in [6, 6.07) is 4.20. The number of rotatable bonds is 4. The van der Waals surface area contributed by atoms with Gasteiger partial charge in [-0.2, -0.15) is 5.10 Å². The molecule has 0 aromatic carbocycles. The fourth-order valence-electron chi connectivity index (χ4n) is 2.00. The van der Waals surface area contributed by atoms with Gasteiger partial charge in [-0.3, -0.25) is 4.68 Å². The number of aryl methyl sites for hydroxylation is 3. The Morgan fingerprint density at radius 1 is 1.47 bits per heavy atom. The molecular formula is C13H19N3S. The molecule has 1 atom stereocenters. The highest BCUT2D eigenvalue weighted by Crippen LogP contribution is 2.27. The lowest BCUT2D eigenvalue weighted by atomic mass is 10.1. The zero-order chi connectivity index (χ0) is 12.4. The van der Waals surface area contributed by atoms with Crippen LogP contribution < -0.4 is 5.73 Å². The fraction of sp³-hybridized carbons (Fsp3) is 0.462. The Morgan fingerprint density at radius 2 is 2.24 bits per heavy atom. The zero-order valence-electron chi connectivity index (χ0n) is 10.6. The van der Waals surface area contributed by atoms with E-state index in [1.54, 1.807) is 11.3 Å². The van der Waals surface area contributed by atoms with Gasteiger partial charge >= 0.3 is 0 Å². The maximum absolute atomic E-state index is 6.36. The molecule has 0 fully saturated rings. The minimum absolute atomic E-state index is 0.0530. The standard InChI is InChI=1S/C13H19N3S/c1-4-10-8-11(16(5-2)15-10)12(14)13-9(3)6-7-17-13/h6-8,12H,4-5,14H2,1-3H3. The maximum atomic E-state index is 6.36. The molecule has 2 aromatic rings. The lowest BCUT2D eigenvalue weighted by molar-refractivity contribution is 0.596. The Bertz CT molecular complexity index is 498. The Balaban J connectivity index is 2.39. The highest BCUT2D eigenvalue weighted by molar-refractivity contribution is 7.10. The van der Waals surface area contributed by atoms with Crippen molar-refractivity contribution < 1.29 is 0 Å². The molecule has 0 radical (unpaired) electrons. The van der Waals surface area contributed by atoms with Gasteiger partial charge in [0, 0.05) is 11.4 Å². The van der Waals surface area contributed by atoms with Gasteiger partial charge < -0.3 is 5.73 Å². The van der Waals surface area contributed by atoms with Crippen molar-refractivity contribution in [3.8, 4) is 0 Å². The Hall–Kier alpha value is -1.13. The molecule has 17 heavy (non-hydrogen) atoms. The van der Waals surface area contributed by atoms with Crippen LogP contribution in [0.1, 0.15) is 41.7 Å². The molecule has 4 heteroatoms. The fourth-order valence-corrected chi connectivity index (χ4v) is 2.94. The molecule has 3 nitrogen and oxygen atoms in total. The van der Waals surface area contributed by atoms with Gasteiger partial charge in [0.15, 0.2) is 0 Å². The van der Waals surface area contributed by atoms with Crippen LogP contribution in [-0.2, 0) is 13.0 Å². The third-order valence-electron chi connectivity index (χ3n) is 3.03. The van der Waals surface area contributed by atoms with Crippen LogP contribution in [0.15, 0.2) is 17.5 Å². The molecule has 0 saturated carbocycles. The van der Waals surface area contributed by atoms with Gasteiger partial charge in [-0.25, -0.2) is 0 Å². The molecule has 2 N–H and O–H groups in total. The van der Waals surface area contributed by atoms with E-state index in [-0.39, 0.29) is 6.04 Å². The number of hydrogen-bond acceptors (Lipinski definition) is 3. The first-order chi connectivity index (χ1) is 8.17. The molecule has 1 unspecified atom stereocenters. The average Bonchev–Trinajstić information content (AvgIpc) is 2.93. The molecule has 2 aromatic heterocycles. The van der Waals surface area contributed by atoms with Crippen molar-refractivity contribution in [2.75, 3.05) is 0 Å². The predicted octanol–water partition coefficient (Wildman–Crippen LogP) is 2.88. The first-order valence-corrected chi connectivity index (χ1v) is 6.91. The third kappa shape index (κ3) is 2.28. The second kappa shape index (κ2) is 5.02. The number of hydrogen-bond donors (Lipinski definition) is 1. The van der Waals surface area contributed by atoms with Gasteiger partial charge in [0.2, 0.25) is 0 Å². The van der Waals surface area contributed by atoms with Crippen LogP contribution in [0, 0.1) is 6.92 Å². The molecular weight excluding hydrogens is 230 g/mol. The molecule has 0 aliphatic heterocycles. The summed E-state index contributed by atoms with van der Waals surface area (Å²) < 4.78 is 2.02. The molecule has 0 saturated heterocycles. The number of aromatic nitrogens is 2. The van der Waals surface area contributed by atoms with E-state index in [9.17, 15) is 0 Å². The van der Waals surface area contributed by atoms with Crippen LogP contribution in [-0.4, -0.2) is 9.78 Å². The van der Waals surface area contributed by atoms with Crippen molar-refractivity contribution in [2.45, 2.75) is 39.8 Å². The summed E-state index contributed by atoms with van der Waals surface area (Å²) in [5.74, 6) is 0. The highest BCUT2D eigenvalue weighted by atomic mass is 32.1. The number of thiophene rings is 1. The smallest absolute Gasteiger partial charge is 0.0819 e. The van der Waals surface area contributed by atoms with Gasteiger partial charge in [0.25, 0.3) is 0 Å². The Labute approximate surface area is 106 Å². The van der Waals surface area contributed by atoms with Crippen LogP contribution in [0.4, 0.5) is 0 Å². The van der Waals surface area contributed by atoms with Crippen LogP contribution in [0.2, 0.25) is 0 Å². The topological polar surface area (TPSA) is 43.8 Å². The van der Waals surface area contributed by atoms with Crippen LogP contribution in [0.3, 0.4) is 0 Å². The first-order valence-electron chi connectivity index (χ1n) is 6.03. The van der Waals surface area contributed by atoms with Gasteiger partial charge in [-0.05, 0) is 43.3 Å². The second-order valence-electron chi connectivity index (χ2n) is 4.18. The predicted molar refractivity (Wildman–Crippen MR) is 72.4 cm³/mol. The zero-order valence-corrected chi connectivity index (χ0v) is 11.4. The maximum Gasteiger partial charge on any atom is 0.0819 e. The summed E-state index contributed by atoms with van der Waals surface area (Å²) in [6.45, 7) is 7.20. The van der Waals surface area contributed by atoms with Crippen molar-refractivity contribution in [3.63, 3.8) is 0 Å². The van der Waals surface area contributed by atoms with E-state index in [0.29, 0.717) is 0 Å². The van der Waals surface area contributed by atoms with E-state index >= 15 is 0 Å². The van der Waals surface area contributed by atoms with Crippen molar-refractivity contribution in [3.05, 3.63) is 39.3 Å². The van der Waals surface area contributed by atoms with Gasteiger partial charge in [0.1, 0.15) is 0 Å². The van der Waals surface area contributed by atoms with E-state index in [4.69, 9.17) is 5.73 Å². The van der Waals surface area contributed by atoms with E-state index < -0.39 is 0 Å². The summed E-state index contributed by atoms with van der Waals surface area (Å²) in [5.41, 5.74) is 9.86. The summed E-state index contributed by atoms with van der Waals surface area (Å²) >= 11 is 1.72. The summed E-state index contributed by atoms with van der Waals surface area (Å²) in [6.07, 6.45) is 0.955. The number of nitrogens with two attached hydrogens (primary N) is 1. The molecule has 2 heterocycles. The molecule has 2 rings (SSSR count). The van der Waals surface area contributed by atoms with Crippen molar-refractivity contribution >= 4 is 11.3 Å². The molecule has 0 amide bonds. The van der Waals surface area contributed by atoms with Gasteiger partial charge in [-0.1, -0.05) is 6.92 Å². The average molecular weight is 249 g/mol. The third-order valence-corrected chi connectivity index (χ3v) is 4.13. The van der Waals surface area contributed by atoms with Gasteiger partial charge in [0.05, 0.1) is 17.4 Å². The largest absolute Gasteiger partial charge is 0.318 e. The van der Waals surface area contributed by atoms with E-state index in [1.165, 1.54) is 10.4 Å². The first kappa shape index (κ1) is 12.3. The van der Waals surface area contributed by atoms with Crippen LogP contribution in [0.25, 0.3) is 0 Å².